The molecule has 0 spiro atoms. The monoisotopic (exact) mass is 367 g/mol. The zero-order valence-corrected chi connectivity index (χ0v) is 14.4. The number of nitrogens with zero attached hydrogens (tertiary/aromatic N) is 1. The molecule has 0 atom stereocenters. The van der Waals surface area contributed by atoms with E-state index in [1.165, 1.54) is 26.4 Å². The Morgan fingerprint density at radius 2 is 1.88 bits per heavy atom. The number of methoxy groups -OCH3 is 2. The van der Waals surface area contributed by atoms with Crippen molar-refractivity contribution in [3.8, 4) is 11.5 Å². The molecule has 24 heavy (non-hydrogen) atoms. The number of nitro benzene ring substituents is 1. The SMILES string of the molecule is COc1cc(OC)c(NC(=S)Nc2cccc([N+](=O)[O-])c2)cc1Cl. The Bertz CT molecular complexity index is 785. The molecule has 0 aliphatic heterocycles. The molecule has 0 unspecified atom stereocenters. The molecular formula is C15H14ClN3O4S. The molecule has 0 fully saturated rings. The Balaban J connectivity index is 2.16. The van der Waals surface area contributed by atoms with Gasteiger partial charge in [-0.3, -0.25) is 10.1 Å². The molecule has 126 valence electrons. The van der Waals surface area contributed by atoms with Gasteiger partial charge >= 0.3 is 0 Å². The molecular weight excluding hydrogens is 354 g/mol. The molecule has 0 saturated heterocycles. The summed E-state index contributed by atoms with van der Waals surface area (Å²) in [7, 11) is 3.01. The first-order valence-corrected chi connectivity index (χ1v) is 7.47. The lowest BCUT2D eigenvalue weighted by Crippen LogP contribution is -2.19. The quantitative estimate of drug-likeness (QED) is 0.468. The smallest absolute Gasteiger partial charge is 0.271 e. The van der Waals surface area contributed by atoms with Crippen LogP contribution in [0.4, 0.5) is 17.1 Å². The summed E-state index contributed by atoms with van der Waals surface area (Å²) < 4.78 is 10.4. The minimum atomic E-state index is -0.478. The number of halogens is 1. The maximum atomic E-state index is 10.8. The zero-order valence-electron chi connectivity index (χ0n) is 12.8. The standard InChI is InChI=1S/C15H14ClN3O4S/c1-22-13-8-14(23-2)12(7-11(13)16)18-15(24)17-9-4-3-5-10(6-9)19(20)21/h3-8H,1-2H3,(H2,17,18,24). The Hall–Kier alpha value is -2.58. The number of benzene rings is 2. The van der Waals surface area contributed by atoms with Crippen LogP contribution in [0.5, 0.6) is 11.5 Å². The van der Waals surface area contributed by atoms with E-state index in [1.807, 2.05) is 0 Å². The maximum Gasteiger partial charge on any atom is 0.271 e. The summed E-state index contributed by atoms with van der Waals surface area (Å²) >= 11 is 11.3. The van der Waals surface area contributed by atoms with Crippen LogP contribution in [0.3, 0.4) is 0 Å². The van der Waals surface area contributed by atoms with E-state index in [9.17, 15) is 10.1 Å². The Morgan fingerprint density at radius 1 is 1.17 bits per heavy atom. The summed E-state index contributed by atoms with van der Waals surface area (Å²) in [5, 5.41) is 17.2. The van der Waals surface area contributed by atoms with E-state index >= 15 is 0 Å². The number of nitrogens with one attached hydrogen (secondary N) is 2. The molecule has 2 aromatic rings. The van der Waals surface area contributed by atoms with Crippen molar-refractivity contribution < 1.29 is 14.4 Å². The first-order chi connectivity index (χ1) is 11.4. The highest BCUT2D eigenvalue weighted by molar-refractivity contribution is 7.80. The van der Waals surface area contributed by atoms with Gasteiger partial charge in [0.2, 0.25) is 0 Å². The Morgan fingerprint density at radius 3 is 2.50 bits per heavy atom. The van der Waals surface area contributed by atoms with Crippen LogP contribution in [-0.2, 0) is 0 Å². The highest BCUT2D eigenvalue weighted by atomic mass is 35.5. The van der Waals surface area contributed by atoms with Crippen LogP contribution in [0.15, 0.2) is 36.4 Å². The van der Waals surface area contributed by atoms with E-state index in [-0.39, 0.29) is 10.8 Å². The number of anilines is 2. The molecule has 2 N–H and O–H groups in total. The number of rotatable bonds is 5. The van der Waals surface area contributed by atoms with Gasteiger partial charge < -0.3 is 20.1 Å². The van der Waals surface area contributed by atoms with Gasteiger partial charge in [-0.25, -0.2) is 0 Å². The predicted octanol–water partition coefficient (Wildman–Crippen LogP) is 4.07. The van der Waals surface area contributed by atoms with Crippen LogP contribution < -0.4 is 20.1 Å². The third-order valence-electron chi connectivity index (χ3n) is 3.04. The molecule has 0 bridgehead atoms. The van der Waals surface area contributed by atoms with Crippen molar-refractivity contribution in [1.82, 2.24) is 0 Å². The van der Waals surface area contributed by atoms with Crippen LogP contribution in [-0.4, -0.2) is 24.3 Å². The van der Waals surface area contributed by atoms with Crippen molar-refractivity contribution in [2.75, 3.05) is 24.9 Å². The summed E-state index contributed by atoms with van der Waals surface area (Å²) in [6.45, 7) is 0. The fourth-order valence-corrected chi connectivity index (χ4v) is 2.41. The molecule has 0 aliphatic carbocycles. The molecule has 0 amide bonds. The number of non-ortho nitro benzene ring substituents is 1. The largest absolute Gasteiger partial charge is 0.495 e. The Kier molecular flexibility index (Phi) is 5.78. The van der Waals surface area contributed by atoms with Gasteiger partial charge in [0.15, 0.2) is 5.11 Å². The lowest BCUT2D eigenvalue weighted by atomic mass is 10.2. The molecule has 0 heterocycles. The van der Waals surface area contributed by atoms with Crippen LogP contribution in [0.25, 0.3) is 0 Å². The van der Waals surface area contributed by atoms with Crippen LogP contribution >= 0.6 is 23.8 Å². The molecule has 0 aliphatic rings. The zero-order chi connectivity index (χ0) is 17.7. The first-order valence-electron chi connectivity index (χ1n) is 6.68. The summed E-state index contributed by atoms with van der Waals surface area (Å²) in [5.41, 5.74) is 0.986. The number of ether oxygens (including phenoxy) is 2. The van der Waals surface area contributed by atoms with Crippen LogP contribution in [0.2, 0.25) is 5.02 Å². The van der Waals surface area contributed by atoms with E-state index in [2.05, 4.69) is 10.6 Å². The van der Waals surface area contributed by atoms with Crippen LogP contribution in [0, 0.1) is 10.1 Å². The van der Waals surface area contributed by atoms with Gasteiger partial charge in [0.05, 0.1) is 29.9 Å². The van der Waals surface area contributed by atoms with E-state index in [1.54, 1.807) is 24.3 Å². The summed E-state index contributed by atoms with van der Waals surface area (Å²) in [6, 6.07) is 9.24. The first kappa shape index (κ1) is 17.8. The summed E-state index contributed by atoms with van der Waals surface area (Å²) in [4.78, 5) is 10.3. The average Bonchev–Trinajstić information content (AvgIpc) is 2.55. The second kappa shape index (κ2) is 7.80. The second-order valence-corrected chi connectivity index (χ2v) is 5.39. The fourth-order valence-electron chi connectivity index (χ4n) is 1.94. The third-order valence-corrected chi connectivity index (χ3v) is 3.54. The van der Waals surface area contributed by atoms with Crippen molar-refractivity contribution in [2.24, 2.45) is 0 Å². The molecule has 0 aromatic heterocycles. The molecule has 0 radical (unpaired) electrons. The fraction of sp³-hybridized carbons (Fsp3) is 0.133. The van der Waals surface area contributed by atoms with Crippen molar-refractivity contribution >= 4 is 46.0 Å². The van der Waals surface area contributed by atoms with Crippen LogP contribution in [0.1, 0.15) is 0 Å². The Labute approximate surface area is 148 Å². The van der Waals surface area contributed by atoms with Crippen molar-refractivity contribution in [1.29, 1.82) is 0 Å². The maximum absolute atomic E-state index is 10.8. The third kappa shape index (κ3) is 4.24. The number of hydrogen-bond acceptors (Lipinski definition) is 5. The minimum Gasteiger partial charge on any atom is -0.495 e. The highest BCUT2D eigenvalue weighted by Crippen LogP contribution is 2.36. The lowest BCUT2D eigenvalue weighted by molar-refractivity contribution is -0.384. The van der Waals surface area contributed by atoms with E-state index in [0.29, 0.717) is 27.9 Å². The number of thiocarbonyl (C=S) groups is 1. The normalized spacial score (nSPS) is 9.96. The molecule has 0 saturated carbocycles. The van der Waals surface area contributed by atoms with Gasteiger partial charge in [0, 0.05) is 23.9 Å². The molecule has 2 aromatic carbocycles. The van der Waals surface area contributed by atoms with E-state index in [0.717, 1.165) is 0 Å². The predicted molar refractivity (Wildman–Crippen MR) is 97.5 cm³/mol. The number of nitro groups is 1. The topological polar surface area (TPSA) is 85.7 Å². The van der Waals surface area contributed by atoms with Crippen molar-refractivity contribution in [2.45, 2.75) is 0 Å². The highest BCUT2D eigenvalue weighted by Gasteiger charge is 2.12. The van der Waals surface area contributed by atoms with E-state index < -0.39 is 4.92 Å². The second-order valence-electron chi connectivity index (χ2n) is 4.57. The lowest BCUT2D eigenvalue weighted by Gasteiger charge is -2.15. The molecule has 7 nitrogen and oxygen atoms in total. The van der Waals surface area contributed by atoms with Crippen molar-refractivity contribution in [3.63, 3.8) is 0 Å². The van der Waals surface area contributed by atoms with E-state index in [4.69, 9.17) is 33.3 Å². The molecule has 9 heteroatoms. The molecule has 2 rings (SSSR count). The summed E-state index contributed by atoms with van der Waals surface area (Å²) in [5.74, 6) is 0.955. The number of hydrogen-bond donors (Lipinski definition) is 2. The summed E-state index contributed by atoms with van der Waals surface area (Å²) in [6.07, 6.45) is 0. The van der Waals surface area contributed by atoms with Gasteiger partial charge in [0.1, 0.15) is 11.5 Å². The van der Waals surface area contributed by atoms with Gasteiger partial charge in [-0.05, 0) is 24.4 Å². The van der Waals surface area contributed by atoms with Gasteiger partial charge in [-0.15, -0.1) is 0 Å². The van der Waals surface area contributed by atoms with Crippen molar-refractivity contribution in [3.05, 3.63) is 51.5 Å². The average molecular weight is 368 g/mol. The van der Waals surface area contributed by atoms with Gasteiger partial charge in [-0.2, -0.15) is 0 Å². The van der Waals surface area contributed by atoms with Gasteiger partial charge in [-0.1, -0.05) is 17.7 Å². The van der Waals surface area contributed by atoms with Gasteiger partial charge in [0.25, 0.3) is 5.69 Å². The minimum absolute atomic E-state index is 0.0344.